The fourth-order valence-electron chi connectivity index (χ4n) is 5.40. The van der Waals surface area contributed by atoms with Gasteiger partial charge in [-0.05, 0) is 69.5 Å². The number of methoxy groups -OCH3 is 1. The molecule has 1 aromatic carbocycles. The van der Waals surface area contributed by atoms with Crippen molar-refractivity contribution in [3.05, 3.63) is 58.4 Å². The van der Waals surface area contributed by atoms with Crippen LogP contribution in [0.3, 0.4) is 0 Å². The third-order valence-electron chi connectivity index (χ3n) is 7.29. The van der Waals surface area contributed by atoms with Crippen LogP contribution < -0.4 is 4.74 Å². The molecule has 2 aliphatic heterocycles. The number of imidazole rings is 1. The molecule has 0 atom stereocenters. The largest absolute Gasteiger partial charge is 0.496 e. The molecule has 5 heterocycles. The number of thiophene rings is 1. The van der Waals surface area contributed by atoms with Crippen molar-refractivity contribution in [2.45, 2.75) is 39.2 Å². The number of carbonyl (C=O) groups is 1. The molecule has 0 saturated carbocycles. The lowest BCUT2D eigenvalue weighted by Crippen LogP contribution is -2.55. The van der Waals surface area contributed by atoms with E-state index in [1.807, 2.05) is 24.2 Å². The average molecular weight is 518 g/mol. The maximum Gasteiger partial charge on any atom is 0.274 e. The van der Waals surface area contributed by atoms with Crippen molar-refractivity contribution >= 4 is 17.2 Å². The fraction of sp³-hybridized carbons (Fsp3) is 0.393. The van der Waals surface area contributed by atoms with Gasteiger partial charge in [-0.25, -0.2) is 4.98 Å². The number of morpholine rings is 1. The van der Waals surface area contributed by atoms with Crippen molar-refractivity contribution in [3.8, 4) is 33.4 Å². The number of rotatable bonds is 4. The third-order valence-corrected chi connectivity index (χ3v) is 8.29. The number of hydrogen-bond acceptors (Lipinski definition) is 6. The van der Waals surface area contributed by atoms with Crippen molar-refractivity contribution in [2.24, 2.45) is 7.05 Å². The predicted octanol–water partition coefficient (Wildman–Crippen LogP) is 4.67. The molecule has 2 aliphatic rings. The molecule has 0 radical (unpaired) electrons. The van der Waals surface area contributed by atoms with Crippen LogP contribution in [-0.4, -0.2) is 62.5 Å². The highest BCUT2D eigenvalue weighted by Gasteiger charge is 2.38. The molecular weight excluding hydrogens is 486 g/mol. The second kappa shape index (κ2) is 8.85. The van der Waals surface area contributed by atoms with Crippen LogP contribution in [0.4, 0.5) is 0 Å². The summed E-state index contributed by atoms with van der Waals surface area (Å²) in [5, 5.41) is 4.63. The summed E-state index contributed by atoms with van der Waals surface area (Å²) >= 11 is 1.69. The molecule has 0 unspecified atom stereocenters. The summed E-state index contributed by atoms with van der Waals surface area (Å²) in [7, 11) is 3.60. The maximum atomic E-state index is 14.0. The lowest BCUT2D eigenvalue weighted by molar-refractivity contribution is -0.0373. The molecule has 1 amide bonds. The SMILES string of the molecule is COc1cc2c(cc1-c1ccn(C)n1)-n1c(-c3ccc(C)s3)nc(C(=O)N3CCOCC3(C)C)c1CC2. The minimum atomic E-state index is -0.391. The molecule has 8 nitrogen and oxygen atoms in total. The molecule has 192 valence electrons. The molecule has 0 aliphatic carbocycles. The summed E-state index contributed by atoms with van der Waals surface area (Å²) < 4.78 is 15.4. The molecule has 0 bridgehead atoms. The van der Waals surface area contributed by atoms with E-state index >= 15 is 0 Å². The summed E-state index contributed by atoms with van der Waals surface area (Å²) in [6.45, 7) is 7.81. The highest BCUT2D eigenvalue weighted by Crippen LogP contribution is 2.41. The first-order chi connectivity index (χ1) is 17.8. The molecule has 37 heavy (non-hydrogen) atoms. The standard InChI is InChI=1S/C28H31N5O3S/c1-17-6-9-24(37-17)26-29-25(27(34)32-12-13-36-16-28(32,2)3)21-8-7-18-14-23(35-5)19(15-22(18)33(21)26)20-10-11-31(4)30-20/h6,9-11,14-15H,7-8,12-13,16H2,1-5H3. The summed E-state index contributed by atoms with van der Waals surface area (Å²) in [5.41, 5.74) is 5.05. The third kappa shape index (κ3) is 3.97. The number of fused-ring (bicyclic) bond motifs is 3. The van der Waals surface area contributed by atoms with Gasteiger partial charge >= 0.3 is 0 Å². The van der Waals surface area contributed by atoms with Gasteiger partial charge in [-0.1, -0.05) is 0 Å². The van der Waals surface area contributed by atoms with E-state index in [-0.39, 0.29) is 5.91 Å². The molecule has 0 spiro atoms. The van der Waals surface area contributed by atoms with E-state index in [2.05, 4.69) is 54.7 Å². The van der Waals surface area contributed by atoms with E-state index < -0.39 is 5.54 Å². The van der Waals surface area contributed by atoms with Gasteiger partial charge in [0.15, 0.2) is 11.5 Å². The number of amides is 1. The highest BCUT2D eigenvalue weighted by atomic mass is 32.1. The van der Waals surface area contributed by atoms with Gasteiger partial charge in [-0.3, -0.25) is 14.0 Å². The van der Waals surface area contributed by atoms with Gasteiger partial charge in [-0.2, -0.15) is 5.10 Å². The number of ether oxygens (including phenoxy) is 2. The van der Waals surface area contributed by atoms with Gasteiger partial charge in [0.1, 0.15) is 5.75 Å². The molecule has 1 fully saturated rings. The van der Waals surface area contributed by atoms with Gasteiger partial charge in [0.25, 0.3) is 5.91 Å². The molecule has 9 heteroatoms. The number of benzene rings is 1. The summed E-state index contributed by atoms with van der Waals surface area (Å²) in [4.78, 5) is 23.2. The van der Waals surface area contributed by atoms with Crippen LogP contribution in [0.2, 0.25) is 0 Å². The molecule has 6 rings (SSSR count). The highest BCUT2D eigenvalue weighted by molar-refractivity contribution is 7.15. The van der Waals surface area contributed by atoms with Gasteiger partial charge in [0.2, 0.25) is 0 Å². The van der Waals surface area contributed by atoms with Gasteiger partial charge in [0, 0.05) is 30.2 Å². The van der Waals surface area contributed by atoms with Crippen LogP contribution in [-0.2, 0) is 24.6 Å². The van der Waals surface area contributed by atoms with Crippen LogP contribution in [0.5, 0.6) is 5.75 Å². The quantitative estimate of drug-likeness (QED) is 0.393. The minimum absolute atomic E-state index is 0.0292. The van der Waals surface area contributed by atoms with Crippen molar-refractivity contribution in [1.82, 2.24) is 24.2 Å². The Morgan fingerprint density at radius 1 is 1.19 bits per heavy atom. The first-order valence-corrected chi connectivity index (χ1v) is 13.4. The number of hydrogen-bond donors (Lipinski definition) is 0. The minimum Gasteiger partial charge on any atom is -0.496 e. The lowest BCUT2D eigenvalue weighted by Gasteiger charge is -2.41. The Labute approximate surface area is 220 Å². The number of aromatic nitrogens is 4. The Bertz CT molecular complexity index is 1510. The topological polar surface area (TPSA) is 74.4 Å². The van der Waals surface area contributed by atoms with Crippen molar-refractivity contribution in [2.75, 3.05) is 26.9 Å². The maximum absolute atomic E-state index is 14.0. The number of aryl methyl sites for hydroxylation is 3. The van der Waals surface area contributed by atoms with E-state index in [1.54, 1.807) is 23.1 Å². The van der Waals surface area contributed by atoms with Gasteiger partial charge in [0.05, 0.1) is 47.8 Å². The lowest BCUT2D eigenvalue weighted by atomic mass is 9.96. The Hall–Kier alpha value is -3.43. The normalized spacial score (nSPS) is 16.4. The first kappa shape index (κ1) is 23.9. The smallest absolute Gasteiger partial charge is 0.274 e. The van der Waals surface area contributed by atoms with Crippen molar-refractivity contribution in [1.29, 1.82) is 0 Å². The van der Waals surface area contributed by atoms with Crippen molar-refractivity contribution in [3.63, 3.8) is 0 Å². The van der Waals surface area contributed by atoms with Gasteiger partial charge < -0.3 is 14.4 Å². The van der Waals surface area contributed by atoms with Crippen LogP contribution in [0.15, 0.2) is 36.5 Å². The van der Waals surface area contributed by atoms with E-state index in [1.165, 1.54) is 10.4 Å². The van der Waals surface area contributed by atoms with Crippen LogP contribution in [0, 0.1) is 6.92 Å². The average Bonchev–Trinajstić information content (AvgIpc) is 3.60. The summed E-state index contributed by atoms with van der Waals surface area (Å²) in [6, 6.07) is 10.4. The molecule has 1 saturated heterocycles. The Morgan fingerprint density at radius 3 is 2.70 bits per heavy atom. The second-order valence-corrected chi connectivity index (χ2v) is 11.6. The number of carbonyl (C=O) groups excluding carboxylic acids is 1. The second-order valence-electron chi connectivity index (χ2n) is 10.4. The van der Waals surface area contributed by atoms with Crippen LogP contribution in [0.25, 0.3) is 27.6 Å². The first-order valence-electron chi connectivity index (χ1n) is 12.6. The van der Waals surface area contributed by atoms with Crippen molar-refractivity contribution < 1.29 is 14.3 Å². The Balaban J connectivity index is 1.56. The van der Waals surface area contributed by atoms with Gasteiger partial charge in [-0.15, -0.1) is 11.3 Å². The zero-order chi connectivity index (χ0) is 25.9. The Morgan fingerprint density at radius 2 is 2.03 bits per heavy atom. The molecule has 3 aromatic heterocycles. The molecular formula is C28H31N5O3S. The number of nitrogens with zero attached hydrogens (tertiary/aromatic N) is 5. The van der Waals surface area contributed by atoms with E-state index in [0.29, 0.717) is 25.5 Å². The van der Waals surface area contributed by atoms with E-state index in [4.69, 9.17) is 14.5 Å². The monoisotopic (exact) mass is 517 g/mol. The van der Waals surface area contributed by atoms with E-state index in [0.717, 1.165) is 51.9 Å². The molecule has 0 N–H and O–H groups in total. The summed E-state index contributed by atoms with van der Waals surface area (Å²) in [6.07, 6.45) is 3.45. The molecule has 4 aromatic rings. The Kier molecular flexibility index (Phi) is 5.72. The van der Waals surface area contributed by atoms with E-state index in [9.17, 15) is 4.79 Å². The van der Waals surface area contributed by atoms with Crippen LogP contribution in [0.1, 0.15) is 40.5 Å². The zero-order valence-corrected chi connectivity index (χ0v) is 22.7. The zero-order valence-electron chi connectivity index (χ0n) is 21.9. The summed E-state index contributed by atoms with van der Waals surface area (Å²) in [5.74, 6) is 1.57. The predicted molar refractivity (Wildman–Crippen MR) is 144 cm³/mol. The van der Waals surface area contributed by atoms with Crippen LogP contribution >= 0.6 is 11.3 Å². The fourth-order valence-corrected chi connectivity index (χ4v) is 6.24.